The zero-order chi connectivity index (χ0) is 13.8. The number of carboxylic acids is 1. The maximum absolute atomic E-state index is 11.5. The van der Waals surface area contributed by atoms with Crippen molar-refractivity contribution in [2.24, 2.45) is 0 Å². The highest BCUT2D eigenvalue weighted by Crippen LogP contribution is 2.26. The summed E-state index contributed by atoms with van der Waals surface area (Å²) >= 11 is 5.83. The number of benzene rings is 2. The summed E-state index contributed by atoms with van der Waals surface area (Å²) in [4.78, 5) is 11.5. The predicted molar refractivity (Wildman–Crippen MR) is 76.8 cm³/mol. The van der Waals surface area contributed by atoms with Crippen LogP contribution in [0.5, 0.6) is 0 Å². The number of aliphatic carboxylic acids is 1. The second kappa shape index (κ2) is 5.89. The van der Waals surface area contributed by atoms with Crippen LogP contribution >= 0.6 is 11.6 Å². The van der Waals surface area contributed by atoms with E-state index in [9.17, 15) is 9.90 Å². The van der Waals surface area contributed by atoms with Crippen LogP contribution in [0.2, 0.25) is 5.02 Å². The summed E-state index contributed by atoms with van der Waals surface area (Å²) in [5.74, 6) is -1.50. The molecule has 0 amide bonds. The third kappa shape index (κ3) is 3.15. The first kappa shape index (κ1) is 13.6. The summed E-state index contributed by atoms with van der Waals surface area (Å²) in [5.41, 5.74) is 2.72. The zero-order valence-corrected chi connectivity index (χ0v) is 11.4. The molecule has 2 aromatic carbocycles. The SMILES string of the molecule is CCc1ccc(C(C(=O)O)c2ccc(Cl)cc2)cc1. The molecular weight excluding hydrogens is 260 g/mol. The van der Waals surface area contributed by atoms with E-state index in [1.807, 2.05) is 24.3 Å². The van der Waals surface area contributed by atoms with Crippen LogP contribution in [0.3, 0.4) is 0 Å². The number of carbonyl (C=O) groups is 1. The van der Waals surface area contributed by atoms with Gasteiger partial charge in [0.2, 0.25) is 0 Å². The highest BCUT2D eigenvalue weighted by atomic mass is 35.5. The number of aryl methyl sites for hydroxylation is 1. The van der Waals surface area contributed by atoms with Crippen LogP contribution in [0.15, 0.2) is 48.5 Å². The van der Waals surface area contributed by atoms with Gasteiger partial charge in [0.15, 0.2) is 0 Å². The maximum Gasteiger partial charge on any atom is 0.315 e. The smallest absolute Gasteiger partial charge is 0.315 e. The summed E-state index contributed by atoms with van der Waals surface area (Å²) in [7, 11) is 0. The van der Waals surface area contributed by atoms with E-state index in [1.165, 1.54) is 5.56 Å². The molecule has 0 saturated heterocycles. The highest BCUT2D eigenvalue weighted by molar-refractivity contribution is 6.30. The van der Waals surface area contributed by atoms with Crippen LogP contribution in [-0.2, 0) is 11.2 Å². The Hall–Kier alpha value is -1.80. The molecule has 2 aromatic rings. The molecule has 2 rings (SSSR count). The van der Waals surface area contributed by atoms with E-state index in [-0.39, 0.29) is 0 Å². The van der Waals surface area contributed by atoms with Gasteiger partial charge in [-0.3, -0.25) is 4.79 Å². The Morgan fingerprint density at radius 3 is 1.95 bits per heavy atom. The molecule has 0 aromatic heterocycles. The van der Waals surface area contributed by atoms with E-state index in [1.54, 1.807) is 24.3 Å². The van der Waals surface area contributed by atoms with Gasteiger partial charge in [-0.2, -0.15) is 0 Å². The number of carboxylic acid groups (broad SMARTS) is 1. The standard InChI is InChI=1S/C16H15ClO2/c1-2-11-3-5-12(6-4-11)15(16(18)19)13-7-9-14(17)10-8-13/h3-10,15H,2H2,1H3,(H,18,19). The van der Waals surface area contributed by atoms with Gasteiger partial charge in [0, 0.05) is 5.02 Å². The third-order valence-corrected chi connectivity index (χ3v) is 3.42. The first-order valence-electron chi connectivity index (χ1n) is 6.19. The normalized spacial score (nSPS) is 12.1. The topological polar surface area (TPSA) is 37.3 Å². The van der Waals surface area contributed by atoms with Gasteiger partial charge < -0.3 is 5.11 Å². The number of halogens is 1. The average Bonchev–Trinajstić information content (AvgIpc) is 2.42. The number of rotatable bonds is 4. The van der Waals surface area contributed by atoms with Crippen molar-refractivity contribution in [1.29, 1.82) is 0 Å². The fourth-order valence-electron chi connectivity index (χ4n) is 2.08. The van der Waals surface area contributed by atoms with E-state index < -0.39 is 11.9 Å². The van der Waals surface area contributed by atoms with Crippen LogP contribution in [0, 0.1) is 0 Å². The van der Waals surface area contributed by atoms with Gasteiger partial charge >= 0.3 is 5.97 Å². The Bertz CT molecular complexity index is 558. The minimum absolute atomic E-state index is 0.606. The Labute approximate surface area is 117 Å². The molecule has 0 bridgehead atoms. The zero-order valence-electron chi connectivity index (χ0n) is 10.6. The Morgan fingerprint density at radius 1 is 1.05 bits per heavy atom. The molecule has 1 N–H and O–H groups in total. The molecule has 19 heavy (non-hydrogen) atoms. The molecule has 98 valence electrons. The van der Waals surface area contributed by atoms with E-state index in [4.69, 9.17) is 11.6 Å². The minimum Gasteiger partial charge on any atom is -0.481 e. The lowest BCUT2D eigenvalue weighted by Crippen LogP contribution is -2.13. The van der Waals surface area contributed by atoms with Crippen molar-refractivity contribution in [2.45, 2.75) is 19.3 Å². The molecule has 0 aliphatic rings. The average molecular weight is 275 g/mol. The lowest BCUT2D eigenvalue weighted by Gasteiger charge is -2.14. The predicted octanol–water partition coefficient (Wildman–Crippen LogP) is 4.12. The van der Waals surface area contributed by atoms with Crippen LogP contribution in [0.1, 0.15) is 29.5 Å². The summed E-state index contributed by atoms with van der Waals surface area (Å²) in [6.07, 6.45) is 0.943. The van der Waals surface area contributed by atoms with Gasteiger partial charge in [-0.25, -0.2) is 0 Å². The Balaban J connectivity index is 2.39. The highest BCUT2D eigenvalue weighted by Gasteiger charge is 2.21. The van der Waals surface area contributed by atoms with Crippen molar-refractivity contribution in [1.82, 2.24) is 0 Å². The van der Waals surface area contributed by atoms with Crippen LogP contribution in [0.4, 0.5) is 0 Å². The van der Waals surface area contributed by atoms with Gasteiger partial charge in [-0.05, 0) is 35.2 Å². The molecule has 3 heteroatoms. The number of hydrogen-bond donors (Lipinski definition) is 1. The van der Waals surface area contributed by atoms with E-state index in [2.05, 4.69) is 6.92 Å². The summed E-state index contributed by atoms with van der Waals surface area (Å²) in [6, 6.07) is 14.7. The van der Waals surface area contributed by atoms with Crippen molar-refractivity contribution in [3.63, 3.8) is 0 Å². The van der Waals surface area contributed by atoms with Gasteiger partial charge in [-0.15, -0.1) is 0 Å². The Kier molecular flexibility index (Phi) is 4.23. The molecule has 0 aliphatic heterocycles. The fraction of sp³-hybridized carbons (Fsp3) is 0.188. The molecule has 1 unspecified atom stereocenters. The quantitative estimate of drug-likeness (QED) is 0.911. The Morgan fingerprint density at radius 2 is 1.53 bits per heavy atom. The van der Waals surface area contributed by atoms with Crippen LogP contribution < -0.4 is 0 Å². The molecule has 0 heterocycles. The van der Waals surface area contributed by atoms with E-state index >= 15 is 0 Å². The molecule has 2 nitrogen and oxygen atoms in total. The van der Waals surface area contributed by atoms with Crippen molar-refractivity contribution in [2.75, 3.05) is 0 Å². The largest absolute Gasteiger partial charge is 0.481 e. The first-order valence-corrected chi connectivity index (χ1v) is 6.56. The molecule has 1 atom stereocenters. The fourth-order valence-corrected chi connectivity index (χ4v) is 2.20. The minimum atomic E-state index is -0.855. The number of hydrogen-bond acceptors (Lipinski definition) is 1. The summed E-state index contributed by atoms with van der Waals surface area (Å²) in [6.45, 7) is 2.07. The van der Waals surface area contributed by atoms with E-state index in [0.29, 0.717) is 5.02 Å². The van der Waals surface area contributed by atoms with Crippen molar-refractivity contribution >= 4 is 17.6 Å². The lowest BCUT2D eigenvalue weighted by atomic mass is 9.91. The molecule has 0 radical (unpaired) electrons. The van der Waals surface area contributed by atoms with Gasteiger partial charge in [0.1, 0.15) is 5.92 Å². The maximum atomic E-state index is 11.5. The summed E-state index contributed by atoms with van der Waals surface area (Å²) < 4.78 is 0. The summed E-state index contributed by atoms with van der Waals surface area (Å²) in [5, 5.41) is 10.0. The molecular formula is C16H15ClO2. The second-order valence-electron chi connectivity index (χ2n) is 4.42. The monoisotopic (exact) mass is 274 g/mol. The third-order valence-electron chi connectivity index (χ3n) is 3.17. The molecule has 0 fully saturated rings. The van der Waals surface area contributed by atoms with Gasteiger partial charge in [-0.1, -0.05) is 54.9 Å². The first-order chi connectivity index (χ1) is 9.11. The van der Waals surface area contributed by atoms with E-state index in [0.717, 1.165) is 17.5 Å². The molecule has 0 saturated carbocycles. The van der Waals surface area contributed by atoms with Crippen molar-refractivity contribution < 1.29 is 9.90 Å². The molecule has 0 aliphatic carbocycles. The van der Waals surface area contributed by atoms with Crippen molar-refractivity contribution in [3.8, 4) is 0 Å². The van der Waals surface area contributed by atoms with Crippen LogP contribution in [-0.4, -0.2) is 11.1 Å². The van der Waals surface area contributed by atoms with Gasteiger partial charge in [0.05, 0.1) is 0 Å². The van der Waals surface area contributed by atoms with Crippen LogP contribution in [0.25, 0.3) is 0 Å². The van der Waals surface area contributed by atoms with Crippen molar-refractivity contribution in [3.05, 3.63) is 70.2 Å². The lowest BCUT2D eigenvalue weighted by molar-refractivity contribution is -0.137. The second-order valence-corrected chi connectivity index (χ2v) is 4.85. The molecule has 0 spiro atoms. The van der Waals surface area contributed by atoms with Gasteiger partial charge in [0.25, 0.3) is 0 Å².